The van der Waals surface area contributed by atoms with Gasteiger partial charge in [0.1, 0.15) is 0 Å². The molecule has 0 bridgehead atoms. The van der Waals surface area contributed by atoms with Crippen LogP contribution in [0.5, 0.6) is 0 Å². The zero-order chi connectivity index (χ0) is 15.9. The molecule has 0 spiro atoms. The second kappa shape index (κ2) is 9.15. The lowest BCUT2D eigenvalue weighted by molar-refractivity contribution is 0.562. The molecular formula is C14H26N2O2S3. The lowest BCUT2D eigenvalue weighted by Gasteiger charge is -2.11. The smallest absolute Gasteiger partial charge is 0.241 e. The number of rotatable bonds is 10. The van der Waals surface area contributed by atoms with Crippen LogP contribution < -0.4 is 10.0 Å². The van der Waals surface area contributed by atoms with Crippen molar-refractivity contribution < 1.29 is 8.42 Å². The Kier molecular flexibility index (Phi) is 8.26. The molecule has 0 saturated heterocycles. The predicted molar refractivity (Wildman–Crippen MR) is 93.8 cm³/mol. The molecule has 0 aliphatic carbocycles. The molecule has 1 aromatic rings. The normalized spacial score (nSPS) is 13.5. The van der Waals surface area contributed by atoms with Gasteiger partial charge in [0.25, 0.3) is 0 Å². The molecule has 0 saturated carbocycles. The van der Waals surface area contributed by atoms with E-state index in [1.165, 1.54) is 0 Å². The number of hydrogen-bond donors (Lipinski definition) is 2. The Morgan fingerprint density at radius 2 is 2.14 bits per heavy atom. The average Bonchev–Trinajstić information content (AvgIpc) is 2.79. The van der Waals surface area contributed by atoms with Crippen LogP contribution in [0, 0.1) is 12.8 Å². The van der Waals surface area contributed by atoms with E-state index in [0.29, 0.717) is 17.4 Å². The summed E-state index contributed by atoms with van der Waals surface area (Å²) in [7, 11) is -3.39. The van der Waals surface area contributed by atoms with Crippen molar-refractivity contribution in [1.82, 2.24) is 10.0 Å². The van der Waals surface area contributed by atoms with E-state index in [1.807, 2.05) is 13.2 Å². The van der Waals surface area contributed by atoms with Gasteiger partial charge in [-0.3, -0.25) is 0 Å². The Morgan fingerprint density at radius 3 is 2.76 bits per heavy atom. The van der Waals surface area contributed by atoms with Gasteiger partial charge in [0.2, 0.25) is 10.0 Å². The van der Waals surface area contributed by atoms with Crippen molar-refractivity contribution in [3.63, 3.8) is 0 Å². The van der Waals surface area contributed by atoms with Crippen LogP contribution in [0.15, 0.2) is 11.0 Å². The van der Waals surface area contributed by atoms with Crippen LogP contribution in [0.3, 0.4) is 0 Å². The third-order valence-electron chi connectivity index (χ3n) is 3.01. The van der Waals surface area contributed by atoms with Gasteiger partial charge in [-0.05, 0) is 43.9 Å². The predicted octanol–water partition coefficient (Wildman–Crippen LogP) is 2.83. The molecule has 1 aromatic heterocycles. The Balaban J connectivity index is 2.69. The van der Waals surface area contributed by atoms with Gasteiger partial charge in [0, 0.05) is 22.8 Å². The summed E-state index contributed by atoms with van der Waals surface area (Å²) in [6, 6.07) is 1.80. The lowest BCUT2D eigenvalue weighted by Crippen LogP contribution is -2.29. The van der Waals surface area contributed by atoms with E-state index >= 15 is 0 Å². The van der Waals surface area contributed by atoms with Crippen LogP contribution in [-0.2, 0) is 16.6 Å². The maximum Gasteiger partial charge on any atom is 0.241 e. The van der Waals surface area contributed by atoms with Crippen LogP contribution in [0.4, 0.5) is 0 Å². The summed E-state index contributed by atoms with van der Waals surface area (Å²) in [6.07, 6.45) is 3.11. The molecule has 0 fully saturated rings. The summed E-state index contributed by atoms with van der Waals surface area (Å²) in [5.41, 5.74) is 0. The first-order chi connectivity index (χ1) is 9.90. The quantitative estimate of drug-likeness (QED) is 0.637. The molecule has 1 heterocycles. The molecule has 1 unspecified atom stereocenters. The highest BCUT2D eigenvalue weighted by Crippen LogP contribution is 2.25. The van der Waals surface area contributed by atoms with Crippen molar-refractivity contribution in [2.75, 3.05) is 25.1 Å². The topological polar surface area (TPSA) is 58.2 Å². The van der Waals surface area contributed by atoms with E-state index < -0.39 is 10.0 Å². The zero-order valence-corrected chi connectivity index (χ0v) is 15.7. The summed E-state index contributed by atoms with van der Waals surface area (Å²) >= 11 is 3.28. The monoisotopic (exact) mass is 350 g/mol. The van der Waals surface area contributed by atoms with E-state index in [1.54, 1.807) is 29.2 Å². The largest absolute Gasteiger partial charge is 0.312 e. The van der Waals surface area contributed by atoms with Gasteiger partial charge in [-0.25, -0.2) is 13.1 Å². The molecule has 1 rings (SSSR count). The molecule has 2 N–H and O–H groups in total. The molecule has 0 radical (unpaired) electrons. The number of sulfonamides is 1. The number of thioether (sulfide) groups is 1. The highest BCUT2D eigenvalue weighted by Gasteiger charge is 2.20. The Bertz CT molecular complexity index is 526. The molecule has 4 nitrogen and oxygen atoms in total. The average molecular weight is 351 g/mol. The number of thiophene rings is 1. The molecule has 0 aliphatic heterocycles. The van der Waals surface area contributed by atoms with E-state index in [-0.39, 0.29) is 0 Å². The molecule has 0 amide bonds. The fraction of sp³-hybridized carbons (Fsp3) is 0.714. The second-order valence-electron chi connectivity index (χ2n) is 5.22. The van der Waals surface area contributed by atoms with Crippen LogP contribution in [0.25, 0.3) is 0 Å². The first kappa shape index (κ1) is 19.0. The van der Waals surface area contributed by atoms with Crippen LogP contribution in [0.1, 0.15) is 30.0 Å². The summed E-state index contributed by atoms with van der Waals surface area (Å²) in [5, 5.41) is 3.30. The maximum atomic E-state index is 12.4. The van der Waals surface area contributed by atoms with Gasteiger partial charge in [0.15, 0.2) is 0 Å². The molecule has 1 atom stereocenters. The SMILES string of the molecule is CCCNCc1cc(S(=O)(=O)NCC(C)CSC)c(C)s1. The van der Waals surface area contributed by atoms with Gasteiger partial charge in [-0.2, -0.15) is 11.8 Å². The molecular weight excluding hydrogens is 324 g/mol. The Morgan fingerprint density at radius 1 is 1.43 bits per heavy atom. The zero-order valence-electron chi connectivity index (χ0n) is 13.2. The molecule has 7 heteroatoms. The third-order valence-corrected chi connectivity index (χ3v) is 6.64. The molecule has 21 heavy (non-hydrogen) atoms. The van der Waals surface area contributed by atoms with Crippen molar-refractivity contribution in [3.8, 4) is 0 Å². The fourth-order valence-corrected chi connectivity index (χ4v) is 5.39. The number of nitrogens with one attached hydrogen (secondary N) is 2. The second-order valence-corrected chi connectivity index (χ2v) is 9.21. The molecule has 0 aliphatic rings. The van der Waals surface area contributed by atoms with E-state index in [4.69, 9.17) is 0 Å². The van der Waals surface area contributed by atoms with Crippen molar-refractivity contribution in [2.24, 2.45) is 5.92 Å². The minimum Gasteiger partial charge on any atom is -0.312 e. The highest BCUT2D eigenvalue weighted by molar-refractivity contribution is 7.98. The van der Waals surface area contributed by atoms with Crippen molar-refractivity contribution in [1.29, 1.82) is 0 Å². The van der Waals surface area contributed by atoms with Gasteiger partial charge >= 0.3 is 0 Å². The van der Waals surface area contributed by atoms with Gasteiger partial charge in [-0.1, -0.05) is 13.8 Å². The number of aryl methyl sites for hydroxylation is 1. The van der Waals surface area contributed by atoms with Crippen LogP contribution >= 0.6 is 23.1 Å². The van der Waals surface area contributed by atoms with E-state index in [0.717, 1.165) is 35.0 Å². The van der Waals surface area contributed by atoms with Gasteiger partial charge in [-0.15, -0.1) is 11.3 Å². The highest BCUT2D eigenvalue weighted by atomic mass is 32.2. The van der Waals surface area contributed by atoms with E-state index in [2.05, 4.69) is 23.9 Å². The minimum absolute atomic E-state index is 0.333. The summed E-state index contributed by atoms with van der Waals surface area (Å²) in [4.78, 5) is 2.35. The van der Waals surface area contributed by atoms with E-state index in [9.17, 15) is 8.42 Å². The number of hydrogen-bond acceptors (Lipinski definition) is 5. The third kappa shape index (κ3) is 6.28. The standard InChI is InChI=1S/C14H26N2O2S3/c1-5-6-15-9-13-7-14(12(3)20-13)21(17,18)16-8-11(2)10-19-4/h7,11,15-16H,5-6,8-10H2,1-4H3. The van der Waals surface area contributed by atoms with Crippen molar-refractivity contribution in [3.05, 3.63) is 15.8 Å². The summed E-state index contributed by atoms with van der Waals surface area (Å²) in [5.74, 6) is 1.29. The van der Waals surface area contributed by atoms with Crippen LogP contribution in [-0.4, -0.2) is 33.5 Å². The first-order valence-corrected chi connectivity index (χ1v) is 10.9. The van der Waals surface area contributed by atoms with Gasteiger partial charge < -0.3 is 5.32 Å². The molecule has 122 valence electrons. The van der Waals surface area contributed by atoms with Crippen molar-refractivity contribution in [2.45, 2.75) is 38.6 Å². The Labute approximate surface area is 137 Å². The lowest BCUT2D eigenvalue weighted by atomic mass is 10.2. The first-order valence-electron chi connectivity index (χ1n) is 7.19. The molecule has 0 aromatic carbocycles. The minimum atomic E-state index is -3.39. The summed E-state index contributed by atoms with van der Waals surface area (Å²) < 4.78 is 27.5. The summed E-state index contributed by atoms with van der Waals surface area (Å²) in [6.45, 7) is 8.21. The van der Waals surface area contributed by atoms with Gasteiger partial charge in [0.05, 0.1) is 4.90 Å². The van der Waals surface area contributed by atoms with Crippen LogP contribution in [0.2, 0.25) is 0 Å². The maximum absolute atomic E-state index is 12.4. The Hall–Kier alpha value is -0.0800. The van der Waals surface area contributed by atoms with Crippen molar-refractivity contribution >= 4 is 33.1 Å². The fourth-order valence-electron chi connectivity index (χ4n) is 1.94.